The molecular weight excluding hydrogens is 334 g/mol. The Morgan fingerprint density at radius 1 is 1.20 bits per heavy atom. The third-order valence-electron chi connectivity index (χ3n) is 3.58. The Labute approximate surface area is 150 Å². The molecule has 0 aromatic heterocycles. The zero-order chi connectivity index (χ0) is 17.8. The zero-order valence-corrected chi connectivity index (χ0v) is 14.7. The summed E-state index contributed by atoms with van der Waals surface area (Å²) in [6, 6.07) is 14.8. The van der Waals surface area contributed by atoms with Gasteiger partial charge in [-0.3, -0.25) is 9.59 Å². The monoisotopic (exact) mass is 351 g/mol. The highest BCUT2D eigenvalue weighted by molar-refractivity contribution is 8.18. The molecule has 6 heteroatoms. The van der Waals surface area contributed by atoms with E-state index in [4.69, 9.17) is 0 Å². The summed E-state index contributed by atoms with van der Waals surface area (Å²) in [5, 5.41) is 5.91. The van der Waals surface area contributed by atoms with Gasteiger partial charge in [-0.05, 0) is 60.2 Å². The number of carbonyl (C=O) groups excluding carboxylic acids is 2. The van der Waals surface area contributed by atoms with Crippen LogP contribution in [0.1, 0.15) is 21.5 Å². The maximum atomic E-state index is 12.1. The van der Waals surface area contributed by atoms with E-state index < -0.39 is 0 Å². The highest BCUT2D eigenvalue weighted by Crippen LogP contribution is 2.28. The number of carbonyl (C=O) groups is 2. The fourth-order valence-corrected chi connectivity index (χ4v) is 3.16. The predicted octanol–water partition coefficient (Wildman–Crippen LogP) is 3.25. The molecule has 0 aliphatic carbocycles. The van der Waals surface area contributed by atoms with Crippen molar-refractivity contribution in [2.75, 3.05) is 7.05 Å². The summed E-state index contributed by atoms with van der Waals surface area (Å²) in [6.45, 7) is 2.00. The standard InChI is InChI=1S/C19H17N3O2S/c1-12-4-3-5-15(10-12)21-19-22-18(24)16(25-19)11-13-6-8-14(9-7-13)17(23)20-2/h3-11H,1-2H3,(H,20,23)(H,21,22,24)/b16-11-. The minimum absolute atomic E-state index is 0.139. The van der Waals surface area contributed by atoms with Crippen LogP contribution in [0, 0.1) is 6.92 Å². The maximum Gasteiger partial charge on any atom is 0.264 e. The number of benzene rings is 2. The molecule has 5 nitrogen and oxygen atoms in total. The molecule has 0 atom stereocenters. The predicted molar refractivity (Wildman–Crippen MR) is 102 cm³/mol. The number of nitrogens with zero attached hydrogens (tertiary/aromatic N) is 1. The average molecular weight is 351 g/mol. The second kappa shape index (κ2) is 7.36. The van der Waals surface area contributed by atoms with Gasteiger partial charge in [0, 0.05) is 12.6 Å². The molecule has 0 radical (unpaired) electrons. The molecule has 0 bridgehead atoms. The Morgan fingerprint density at radius 3 is 2.64 bits per heavy atom. The number of thioether (sulfide) groups is 1. The van der Waals surface area contributed by atoms with Crippen LogP contribution in [0.2, 0.25) is 0 Å². The molecule has 1 fully saturated rings. The number of nitrogens with one attached hydrogen (secondary N) is 2. The van der Waals surface area contributed by atoms with Crippen LogP contribution in [0.5, 0.6) is 0 Å². The number of aliphatic imine (C=N–C) groups is 1. The van der Waals surface area contributed by atoms with Crippen molar-refractivity contribution in [2.45, 2.75) is 6.92 Å². The van der Waals surface area contributed by atoms with Crippen LogP contribution >= 0.6 is 11.8 Å². The van der Waals surface area contributed by atoms with E-state index in [1.165, 1.54) is 11.8 Å². The molecule has 1 aliphatic rings. The number of amides is 2. The van der Waals surface area contributed by atoms with Crippen LogP contribution in [0.3, 0.4) is 0 Å². The molecule has 0 unspecified atom stereocenters. The zero-order valence-electron chi connectivity index (χ0n) is 13.9. The van der Waals surface area contributed by atoms with Gasteiger partial charge < -0.3 is 10.6 Å². The van der Waals surface area contributed by atoms with Crippen LogP contribution in [0.15, 0.2) is 58.4 Å². The SMILES string of the molecule is CNC(=O)c1ccc(/C=C2\SC(=Nc3cccc(C)c3)NC2=O)cc1. The Kier molecular flexibility index (Phi) is 5.00. The topological polar surface area (TPSA) is 70.6 Å². The number of hydrogen-bond acceptors (Lipinski definition) is 4. The normalized spacial score (nSPS) is 17.0. The van der Waals surface area contributed by atoms with E-state index in [1.807, 2.05) is 31.2 Å². The Hall–Kier alpha value is -2.86. The maximum absolute atomic E-state index is 12.1. The van der Waals surface area contributed by atoms with Crippen LogP contribution in [-0.4, -0.2) is 24.0 Å². The van der Waals surface area contributed by atoms with Gasteiger partial charge in [0.2, 0.25) is 0 Å². The summed E-state index contributed by atoms with van der Waals surface area (Å²) in [5.74, 6) is -0.313. The van der Waals surface area contributed by atoms with Crippen molar-refractivity contribution in [3.63, 3.8) is 0 Å². The fourth-order valence-electron chi connectivity index (χ4n) is 2.32. The van der Waals surface area contributed by atoms with Crippen molar-refractivity contribution in [1.82, 2.24) is 10.6 Å². The first-order valence-corrected chi connectivity index (χ1v) is 8.55. The van der Waals surface area contributed by atoms with Crippen LogP contribution in [-0.2, 0) is 4.79 Å². The van der Waals surface area contributed by atoms with Gasteiger partial charge in [0.15, 0.2) is 5.17 Å². The molecule has 25 heavy (non-hydrogen) atoms. The number of aryl methyl sites for hydroxylation is 1. The van der Waals surface area contributed by atoms with Crippen molar-refractivity contribution in [3.8, 4) is 0 Å². The largest absolute Gasteiger partial charge is 0.355 e. The van der Waals surface area contributed by atoms with E-state index in [0.29, 0.717) is 15.6 Å². The number of rotatable bonds is 3. The van der Waals surface area contributed by atoms with Crippen molar-refractivity contribution in [3.05, 3.63) is 70.1 Å². The first-order chi connectivity index (χ1) is 12.0. The lowest BCUT2D eigenvalue weighted by Crippen LogP contribution is -2.19. The molecule has 2 aromatic carbocycles. The lowest BCUT2D eigenvalue weighted by Gasteiger charge is -2.00. The lowest BCUT2D eigenvalue weighted by molar-refractivity contribution is -0.115. The molecule has 126 valence electrons. The van der Waals surface area contributed by atoms with E-state index in [1.54, 1.807) is 37.4 Å². The quantitative estimate of drug-likeness (QED) is 0.834. The molecular formula is C19H17N3O2S. The van der Waals surface area contributed by atoms with E-state index in [9.17, 15) is 9.59 Å². The van der Waals surface area contributed by atoms with Gasteiger partial charge in [-0.15, -0.1) is 0 Å². The van der Waals surface area contributed by atoms with Crippen molar-refractivity contribution < 1.29 is 9.59 Å². The first kappa shape index (κ1) is 17.0. The van der Waals surface area contributed by atoms with Gasteiger partial charge in [-0.2, -0.15) is 0 Å². The molecule has 0 saturated carbocycles. The summed E-state index contributed by atoms with van der Waals surface area (Å²) >= 11 is 1.30. The molecule has 0 spiro atoms. The molecule has 2 N–H and O–H groups in total. The number of amidine groups is 1. The van der Waals surface area contributed by atoms with E-state index in [0.717, 1.165) is 16.8 Å². The van der Waals surface area contributed by atoms with Crippen molar-refractivity contribution >= 4 is 40.5 Å². The van der Waals surface area contributed by atoms with Gasteiger partial charge in [0.05, 0.1) is 10.6 Å². The van der Waals surface area contributed by atoms with Crippen LogP contribution in [0.25, 0.3) is 6.08 Å². The Balaban J connectivity index is 1.78. The van der Waals surface area contributed by atoms with Crippen LogP contribution in [0.4, 0.5) is 5.69 Å². The Morgan fingerprint density at radius 2 is 1.96 bits per heavy atom. The lowest BCUT2D eigenvalue weighted by atomic mass is 10.1. The summed E-state index contributed by atoms with van der Waals surface area (Å²) in [6.07, 6.45) is 1.78. The molecule has 3 rings (SSSR count). The Bertz CT molecular complexity index is 886. The highest BCUT2D eigenvalue weighted by Gasteiger charge is 2.23. The third-order valence-corrected chi connectivity index (χ3v) is 4.49. The highest BCUT2D eigenvalue weighted by atomic mass is 32.2. The van der Waals surface area contributed by atoms with E-state index in [-0.39, 0.29) is 11.8 Å². The summed E-state index contributed by atoms with van der Waals surface area (Å²) < 4.78 is 0. The minimum atomic E-state index is -0.174. The van der Waals surface area contributed by atoms with Gasteiger partial charge in [0.25, 0.3) is 11.8 Å². The minimum Gasteiger partial charge on any atom is -0.355 e. The van der Waals surface area contributed by atoms with Crippen molar-refractivity contribution in [1.29, 1.82) is 0 Å². The van der Waals surface area contributed by atoms with Gasteiger partial charge >= 0.3 is 0 Å². The first-order valence-electron chi connectivity index (χ1n) is 7.73. The second-order valence-electron chi connectivity index (χ2n) is 5.52. The van der Waals surface area contributed by atoms with Gasteiger partial charge in [-0.25, -0.2) is 4.99 Å². The third kappa shape index (κ3) is 4.16. The number of hydrogen-bond donors (Lipinski definition) is 2. The van der Waals surface area contributed by atoms with E-state index >= 15 is 0 Å². The van der Waals surface area contributed by atoms with Gasteiger partial charge in [0.1, 0.15) is 0 Å². The summed E-state index contributed by atoms with van der Waals surface area (Å²) in [5.41, 5.74) is 3.35. The second-order valence-corrected chi connectivity index (χ2v) is 6.55. The molecule has 1 saturated heterocycles. The molecule has 1 aliphatic heterocycles. The van der Waals surface area contributed by atoms with Crippen LogP contribution < -0.4 is 10.6 Å². The molecule has 1 heterocycles. The molecule has 2 aromatic rings. The summed E-state index contributed by atoms with van der Waals surface area (Å²) in [4.78, 5) is 28.7. The fraction of sp³-hybridized carbons (Fsp3) is 0.105. The summed E-state index contributed by atoms with van der Waals surface area (Å²) in [7, 11) is 1.59. The smallest absolute Gasteiger partial charge is 0.264 e. The van der Waals surface area contributed by atoms with Crippen molar-refractivity contribution in [2.24, 2.45) is 4.99 Å². The van der Waals surface area contributed by atoms with Gasteiger partial charge in [-0.1, -0.05) is 24.3 Å². The van der Waals surface area contributed by atoms with E-state index in [2.05, 4.69) is 15.6 Å². The molecule has 2 amide bonds. The average Bonchev–Trinajstić information content (AvgIpc) is 2.94.